The first-order valence-corrected chi connectivity index (χ1v) is 8.31. The second-order valence-corrected chi connectivity index (χ2v) is 6.33. The van der Waals surface area contributed by atoms with Gasteiger partial charge in [0.05, 0.1) is 31.1 Å². The van der Waals surface area contributed by atoms with E-state index in [2.05, 4.69) is 4.98 Å². The van der Waals surface area contributed by atoms with Gasteiger partial charge in [-0.2, -0.15) is 0 Å². The molecule has 1 aromatic heterocycles. The van der Waals surface area contributed by atoms with Crippen LogP contribution >= 0.6 is 0 Å². The number of quaternary nitrogens is 1. The van der Waals surface area contributed by atoms with Crippen molar-refractivity contribution in [1.82, 2.24) is 9.88 Å². The maximum atomic E-state index is 12.6. The van der Waals surface area contributed by atoms with Crippen LogP contribution in [0.1, 0.15) is 21.5 Å². The summed E-state index contributed by atoms with van der Waals surface area (Å²) in [7, 11) is 0. The van der Waals surface area contributed by atoms with Gasteiger partial charge in [-0.3, -0.25) is 19.9 Å². The molecule has 1 amide bonds. The number of piperazine rings is 1. The number of nitro benzene ring substituents is 1. The summed E-state index contributed by atoms with van der Waals surface area (Å²) in [6.45, 7) is 5.75. The number of amides is 1. The third-order valence-corrected chi connectivity index (χ3v) is 4.60. The number of hydrogen-bond acceptors (Lipinski definition) is 4. The van der Waals surface area contributed by atoms with Crippen LogP contribution in [0.15, 0.2) is 42.7 Å². The summed E-state index contributed by atoms with van der Waals surface area (Å²) in [5.74, 6) is -0.0547. The van der Waals surface area contributed by atoms with Crippen molar-refractivity contribution in [2.24, 2.45) is 0 Å². The second-order valence-electron chi connectivity index (χ2n) is 6.33. The van der Waals surface area contributed by atoms with Crippen LogP contribution in [0.25, 0.3) is 0 Å². The molecule has 0 spiro atoms. The van der Waals surface area contributed by atoms with Gasteiger partial charge in [0.25, 0.3) is 11.6 Å². The van der Waals surface area contributed by atoms with Crippen LogP contribution in [0.4, 0.5) is 5.69 Å². The van der Waals surface area contributed by atoms with Gasteiger partial charge in [0.1, 0.15) is 6.54 Å². The molecule has 1 aromatic carbocycles. The minimum Gasteiger partial charge on any atom is -0.328 e. The van der Waals surface area contributed by atoms with Crippen molar-refractivity contribution in [1.29, 1.82) is 0 Å². The standard InChI is InChI=1S/C18H20N4O3/c1-14-12-16(2-3-17(14)22(24)25)18(23)21-10-8-20(9-11-21)13-15-4-6-19-7-5-15/h2-7,12H,8-11,13H2,1H3/p+1. The molecule has 3 rings (SSSR count). The van der Waals surface area contributed by atoms with E-state index in [9.17, 15) is 14.9 Å². The molecule has 2 aromatic rings. The van der Waals surface area contributed by atoms with Gasteiger partial charge < -0.3 is 9.80 Å². The third-order valence-electron chi connectivity index (χ3n) is 4.60. The maximum Gasteiger partial charge on any atom is 0.272 e. The van der Waals surface area contributed by atoms with E-state index in [1.807, 2.05) is 17.0 Å². The van der Waals surface area contributed by atoms with Crippen molar-refractivity contribution in [3.8, 4) is 0 Å². The zero-order valence-corrected chi connectivity index (χ0v) is 14.1. The van der Waals surface area contributed by atoms with E-state index in [-0.39, 0.29) is 11.6 Å². The van der Waals surface area contributed by atoms with Crippen LogP contribution in [-0.4, -0.2) is 46.9 Å². The lowest BCUT2D eigenvalue weighted by molar-refractivity contribution is -0.917. The molecule has 1 N–H and O–H groups in total. The Labute approximate surface area is 146 Å². The highest BCUT2D eigenvalue weighted by Crippen LogP contribution is 2.19. The van der Waals surface area contributed by atoms with Gasteiger partial charge in [-0.05, 0) is 31.2 Å². The maximum absolute atomic E-state index is 12.6. The van der Waals surface area contributed by atoms with Crippen LogP contribution in [0.2, 0.25) is 0 Å². The molecule has 0 bridgehead atoms. The molecule has 1 aliphatic heterocycles. The Balaban J connectivity index is 1.60. The summed E-state index contributed by atoms with van der Waals surface area (Å²) in [6, 6.07) is 8.60. The van der Waals surface area contributed by atoms with Gasteiger partial charge in [-0.1, -0.05) is 0 Å². The van der Waals surface area contributed by atoms with Crippen molar-refractivity contribution in [2.45, 2.75) is 13.5 Å². The fraction of sp³-hybridized carbons (Fsp3) is 0.333. The number of carbonyl (C=O) groups is 1. The molecule has 0 radical (unpaired) electrons. The predicted molar refractivity (Wildman–Crippen MR) is 92.4 cm³/mol. The Morgan fingerprint density at radius 1 is 1.24 bits per heavy atom. The van der Waals surface area contributed by atoms with E-state index in [0.717, 1.165) is 19.6 Å². The Morgan fingerprint density at radius 2 is 1.92 bits per heavy atom. The predicted octanol–water partition coefficient (Wildman–Crippen LogP) is 0.839. The number of pyridine rings is 1. The molecule has 7 nitrogen and oxygen atoms in total. The molecule has 7 heteroatoms. The van der Waals surface area contributed by atoms with Gasteiger partial charge in [-0.15, -0.1) is 0 Å². The summed E-state index contributed by atoms with van der Waals surface area (Å²) in [6.07, 6.45) is 3.59. The summed E-state index contributed by atoms with van der Waals surface area (Å²) in [5, 5.41) is 10.9. The average molecular weight is 341 g/mol. The van der Waals surface area contributed by atoms with E-state index < -0.39 is 4.92 Å². The van der Waals surface area contributed by atoms with E-state index in [0.29, 0.717) is 24.2 Å². The van der Waals surface area contributed by atoms with E-state index in [4.69, 9.17) is 0 Å². The fourth-order valence-electron chi connectivity index (χ4n) is 3.17. The molecular weight excluding hydrogens is 320 g/mol. The molecule has 0 unspecified atom stereocenters. The highest BCUT2D eigenvalue weighted by atomic mass is 16.6. The molecule has 0 atom stereocenters. The summed E-state index contributed by atoms with van der Waals surface area (Å²) in [5.41, 5.74) is 2.32. The van der Waals surface area contributed by atoms with Gasteiger partial charge in [-0.25, -0.2) is 0 Å². The second kappa shape index (κ2) is 7.40. The monoisotopic (exact) mass is 341 g/mol. The number of carbonyl (C=O) groups excluding carboxylic acids is 1. The fourth-order valence-corrected chi connectivity index (χ4v) is 3.17. The Bertz CT molecular complexity index is 771. The van der Waals surface area contributed by atoms with Gasteiger partial charge in [0.15, 0.2) is 0 Å². The first-order chi connectivity index (χ1) is 12.0. The lowest BCUT2D eigenvalue weighted by Crippen LogP contribution is -3.13. The number of benzene rings is 1. The lowest BCUT2D eigenvalue weighted by atomic mass is 10.1. The minimum atomic E-state index is -0.426. The number of aryl methyl sites for hydroxylation is 1. The van der Waals surface area contributed by atoms with E-state index in [1.165, 1.54) is 16.5 Å². The molecule has 0 aliphatic carbocycles. The number of rotatable bonds is 4. The Kier molecular flexibility index (Phi) is 5.04. The van der Waals surface area contributed by atoms with Crippen LogP contribution in [0.5, 0.6) is 0 Å². The molecule has 2 heterocycles. The van der Waals surface area contributed by atoms with Gasteiger partial charge in [0.2, 0.25) is 0 Å². The minimum absolute atomic E-state index is 0.0446. The number of nitrogens with zero attached hydrogens (tertiary/aromatic N) is 3. The van der Waals surface area contributed by atoms with Crippen molar-refractivity contribution in [2.75, 3.05) is 26.2 Å². The molecule has 25 heavy (non-hydrogen) atoms. The normalized spacial score (nSPS) is 15.2. The van der Waals surface area contributed by atoms with Crippen molar-refractivity contribution in [3.63, 3.8) is 0 Å². The number of nitrogens with one attached hydrogen (secondary N) is 1. The highest BCUT2D eigenvalue weighted by molar-refractivity contribution is 5.94. The van der Waals surface area contributed by atoms with Crippen molar-refractivity contribution >= 4 is 11.6 Å². The van der Waals surface area contributed by atoms with Crippen LogP contribution in [0, 0.1) is 17.0 Å². The lowest BCUT2D eigenvalue weighted by Gasteiger charge is -2.32. The quantitative estimate of drug-likeness (QED) is 0.660. The Morgan fingerprint density at radius 3 is 2.52 bits per heavy atom. The average Bonchev–Trinajstić information content (AvgIpc) is 2.62. The SMILES string of the molecule is Cc1cc(C(=O)N2CC[NH+](Cc3ccncc3)CC2)ccc1[N+](=O)[O-]. The molecule has 130 valence electrons. The molecule has 1 saturated heterocycles. The van der Waals surface area contributed by atoms with E-state index in [1.54, 1.807) is 31.5 Å². The third kappa shape index (κ3) is 4.00. The molecule has 1 aliphatic rings. The Hall–Kier alpha value is -2.80. The summed E-state index contributed by atoms with van der Waals surface area (Å²) >= 11 is 0. The first-order valence-electron chi connectivity index (χ1n) is 8.31. The van der Waals surface area contributed by atoms with Crippen LogP contribution in [0.3, 0.4) is 0 Å². The van der Waals surface area contributed by atoms with Crippen LogP contribution in [-0.2, 0) is 6.54 Å². The zero-order valence-electron chi connectivity index (χ0n) is 14.1. The number of nitro groups is 1. The highest BCUT2D eigenvalue weighted by Gasteiger charge is 2.25. The summed E-state index contributed by atoms with van der Waals surface area (Å²) in [4.78, 5) is 30.4. The van der Waals surface area contributed by atoms with Crippen molar-refractivity contribution < 1.29 is 14.6 Å². The largest absolute Gasteiger partial charge is 0.328 e. The van der Waals surface area contributed by atoms with Gasteiger partial charge in [0, 0.05) is 35.2 Å². The smallest absolute Gasteiger partial charge is 0.272 e. The van der Waals surface area contributed by atoms with Crippen molar-refractivity contribution in [3.05, 3.63) is 69.5 Å². The summed E-state index contributed by atoms with van der Waals surface area (Å²) < 4.78 is 0. The van der Waals surface area contributed by atoms with Crippen LogP contribution < -0.4 is 4.90 Å². The zero-order chi connectivity index (χ0) is 17.8. The topological polar surface area (TPSA) is 80.8 Å². The van der Waals surface area contributed by atoms with E-state index >= 15 is 0 Å². The number of hydrogen-bond donors (Lipinski definition) is 1. The molecule has 0 saturated carbocycles. The molecular formula is C18H21N4O3+. The molecule has 1 fully saturated rings. The first kappa shape index (κ1) is 17.0. The number of aromatic nitrogens is 1. The van der Waals surface area contributed by atoms with Gasteiger partial charge >= 0.3 is 0 Å².